The van der Waals surface area contributed by atoms with E-state index in [4.69, 9.17) is 43.7 Å². The van der Waals surface area contributed by atoms with E-state index in [0.29, 0.717) is 27.2 Å². The second kappa shape index (κ2) is 7.90. The van der Waals surface area contributed by atoms with Gasteiger partial charge in [-0.2, -0.15) is 15.8 Å². The molecule has 0 amide bonds. The fourth-order valence-corrected chi connectivity index (χ4v) is 2.17. The van der Waals surface area contributed by atoms with Crippen molar-refractivity contribution in [3.8, 4) is 29.7 Å². The van der Waals surface area contributed by atoms with Gasteiger partial charge in [-0.05, 0) is 42.5 Å². The maximum absolute atomic E-state index is 9.00. The Labute approximate surface area is 148 Å². The highest BCUT2D eigenvalue weighted by molar-refractivity contribution is 6.35. The van der Waals surface area contributed by atoms with Gasteiger partial charge in [0.05, 0.1) is 5.02 Å². The lowest BCUT2D eigenvalue weighted by Crippen LogP contribution is -2.00. The van der Waals surface area contributed by atoms with Gasteiger partial charge in [0.2, 0.25) is 0 Å². The van der Waals surface area contributed by atoms with Crippen LogP contribution in [0.3, 0.4) is 0 Å². The van der Waals surface area contributed by atoms with Crippen LogP contribution in [0.4, 0.5) is 5.69 Å². The molecule has 0 aliphatic carbocycles. The number of nitrogens with one attached hydrogen (secondary N) is 1. The average molecular weight is 355 g/mol. The molecular weight excluding hydrogens is 347 g/mol. The third-order valence-corrected chi connectivity index (χ3v) is 3.36. The second-order valence-corrected chi connectivity index (χ2v) is 5.26. The number of hydrogen-bond donors (Lipinski definition) is 1. The number of anilines is 1. The number of halogens is 2. The van der Waals surface area contributed by atoms with Crippen LogP contribution in [-0.2, 0) is 0 Å². The van der Waals surface area contributed by atoms with Gasteiger partial charge < -0.3 is 10.1 Å². The van der Waals surface area contributed by atoms with E-state index in [1.165, 1.54) is 0 Å². The number of allylic oxidation sites excluding steroid dienone is 2. The molecule has 24 heavy (non-hydrogen) atoms. The fraction of sp³-hybridized carbons (Fsp3) is 0. The monoisotopic (exact) mass is 354 g/mol. The van der Waals surface area contributed by atoms with Gasteiger partial charge in [-0.3, -0.25) is 0 Å². The van der Waals surface area contributed by atoms with Crippen molar-refractivity contribution in [3.63, 3.8) is 0 Å². The standard InChI is InChI=1S/C17H8Cl2N4O/c18-12-1-6-17(15(19)7-12)24-14-4-2-13(3-5-14)23-16(10-22)11(8-20)9-21/h1-7,23H. The maximum Gasteiger partial charge on any atom is 0.163 e. The minimum absolute atomic E-state index is 0.116. The summed E-state index contributed by atoms with van der Waals surface area (Å²) in [6.07, 6.45) is 0. The normalized spacial score (nSPS) is 9.12. The molecule has 116 valence electrons. The zero-order valence-corrected chi connectivity index (χ0v) is 13.6. The lowest BCUT2D eigenvalue weighted by Gasteiger charge is -2.09. The first-order valence-electron chi connectivity index (χ1n) is 6.52. The Balaban J connectivity index is 2.17. The first kappa shape index (κ1) is 17.2. The molecule has 2 aromatic rings. The van der Waals surface area contributed by atoms with Gasteiger partial charge in [0.1, 0.15) is 35.4 Å². The molecule has 0 atom stereocenters. The van der Waals surface area contributed by atoms with Gasteiger partial charge in [0, 0.05) is 10.7 Å². The van der Waals surface area contributed by atoms with Crippen LogP contribution in [0, 0.1) is 34.0 Å². The van der Waals surface area contributed by atoms with Crippen molar-refractivity contribution in [1.29, 1.82) is 15.8 Å². The van der Waals surface area contributed by atoms with Crippen LogP contribution in [0.25, 0.3) is 0 Å². The van der Waals surface area contributed by atoms with Gasteiger partial charge in [-0.1, -0.05) is 23.2 Å². The van der Waals surface area contributed by atoms with Crippen LogP contribution in [-0.4, -0.2) is 0 Å². The topological polar surface area (TPSA) is 92.6 Å². The number of rotatable bonds is 4. The summed E-state index contributed by atoms with van der Waals surface area (Å²) in [5, 5.41) is 30.2. The third-order valence-electron chi connectivity index (χ3n) is 2.83. The molecule has 0 aliphatic heterocycles. The molecule has 0 heterocycles. The number of benzene rings is 2. The predicted molar refractivity (Wildman–Crippen MR) is 90.5 cm³/mol. The summed E-state index contributed by atoms with van der Waals surface area (Å²) in [6, 6.07) is 16.6. The van der Waals surface area contributed by atoms with E-state index in [1.54, 1.807) is 60.7 Å². The molecule has 2 aromatic carbocycles. The first-order valence-corrected chi connectivity index (χ1v) is 7.27. The summed E-state index contributed by atoms with van der Waals surface area (Å²) >= 11 is 11.9. The van der Waals surface area contributed by atoms with Crippen molar-refractivity contribution in [2.45, 2.75) is 0 Å². The van der Waals surface area contributed by atoms with Crippen LogP contribution >= 0.6 is 23.2 Å². The van der Waals surface area contributed by atoms with Crippen LogP contribution < -0.4 is 10.1 Å². The highest BCUT2D eigenvalue weighted by Gasteiger charge is 2.07. The molecule has 5 nitrogen and oxygen atoms in total. The van der Waals surface area contributed by atoms with Crippen LogP contribution in [0.1, 0.15) is 0 Å². The summed E-state index contributed by atoms with van der Waals surface area (Å²) in [6.45, 7) is 0. The largest absolute Gasteiger partial charge is 0.456 e. The summed E-state index contributed by atoms with van der Waals surface area (Å²) in [4.78, 5) is 0. The van der Waals surface area contributed by atoms with Gasteiger partial charge in [-0.15, -0.1) is 0 Å². The number of nitrogens with zero attached hydrogens (tertiary/aromatic N) is 3. The van der Waals surface area contributed by atoms with E-state index in [2.05, 4.69) is 5.32 Å². The van der Waals surface area contributed by atoms with Crippen LogP contribution in [0.2, 0.25) is 10.0 Å². The molecular formula is C17H8Cl2N4O. The van der Waals surface area contributed by atoms with Gasteiger partial charge in [-0.25, -0.2) is 0 Å². The molecule has 0 unspecified atom stereocenters. The van der Waals surface area contributed by atoms with Gasteiger partial charge >= 0.3 is 0 Å². The lowest BCUT2D eigenvalue weighted by atomic mass is 10.2. The Morgan fingerprint density at radius 1 is 0.917 bits per heavy atom. The summed E-state index contributed by atoms with van der Waals surface area (Å²) in [5.74, 6) is 0.976. The summed E-state index contributed by atoms with van der Waals surface area (Å²) in [5.41, 5.74) is 0.129. The molecule has 7 heteroatoms. The highest BCUT2D eigenvalue weighted by atomic mass is 35.5. The van der Waals surface area contributed by atoms with E-state index < -0.39 is 0 Å². The van der Waals surface area contributed by atoms with Crippen molar-refractivity contribution >= 4 is 28.9 Å². The van der Waals surface area contributed by atoms with E-state index >= 15 is 0 Å². The highest BCUT2D eigenvalue weighted by Crippen LogP contribution is 2.32. The van der Waals surface area contributed by atoms with Crippen LogP contribution in [0.15, 0.2) is 53.7 Å². The van der Waals surface area contributed by atoms with E-state index in [1.807, 2.05) is 0 Å². The molecule has 0 fully saturated rings. The van der Waals surface area contributed by atoms with Crippen molar-refractivity contribution in [1.82, 2.24) is 0 Å². The summed E-state index contributed by atoms with van der Waals surface area (Å²) in [7, 11) is 0. The van der Waals surface area contributed by atoms with E-state index in [-0.39, 0.29) is 11.3 Å². The van der Waals surface area contributed by atoms with Gasteiger partial charge in [0.25, 0.3) is 0 Å². The quantitative estimate of drug-likeness (QED) is 0.777. The lowest BCUT2D eigenvalue weighted by molar-refractivity contribution is 0.483. The number of nitriles is 3. The number of ether oxygens (including phenoxy) is 1. The van der Waals surface area contributed by atoms with Crippen molar-refractivity contribution in [2.24, 2.45) is 0 Å². The molecule has 0 aliphatic rings. The van der Waals surface area contributed by atoms with Crippen molar-refractivity contribution in [2.75, 3.05) is 5.32 Å². The van der Waals surface area contributed by atoms with Crippen molar-refractivity contribution < 1.29 is 4.74 Å². The van der Waals surface area contributed by atoms with Crippen molar-refractivity contribution in [3.05, 3.63) is 63.8 Å². The Morgan fingerprint density at radius 2 is 1.58 bits per heavy atom. The molecule has 0 saturated carbocycles. The molecule has 0 spiro atoms. The molecule has 0 radical (unpaired) electrons. The zero-order chi connectivity index (χ0) is 17.5. The molecule has 0 aromatic heterocycles. The molecule has 0 saturated heterocycles. The smallest absolute Gasteiger partial charge is 0.163 e. The van der Waals surface area contributed by atoms with E-state index in [9.17, 15) is 0 Å². The van der Waals surface area contributed by atoms with E-state index in [0.717, 1.165) is 0 Å². The van der Waals surface area contributed by atoms with Gasteiger partial charge in [0.15, 0.2) is 5.57 Å². The number of hydrogen-bond acceptors (Lipinski definition) is 5. The fourth-order valence-electron chi connectivity index (χ4n) is 1.72. The predicted octanol–water partition coefficient (Wildman–Crippen LogP) is 5.02. The Kier molecular flexibility index (Phi) is 5.66. The second-order valence-electron chi connectivity index (χ2n) is 4.41. The SMILES string of the molecule is N#CC(C#N)=C(C#N)Nc1ccc(Oc2ccc(Cl)cc2Cl)cc1. The Hall–Kier alpha value is -3.17. The molecule has 0 bridgehead atoms. The third kappa shape index (κ3) is 4.18. The maximum atomic E-state index is 9.00. The minimum Gasteiger partial charge on any atom is -0.456 e. The average Bonchev–Trinajstić information content (AvgIpc) is 2.59. The Morgan fingerprint density at radius 3 is 2.12 bits per heavy atom. The Bertz CT molecular complexity index is 900. The zero-order valence-electron chi connectivity index (χ0n) is 12.0. The van der Waals surface area contributed by atoms with Crippen LogP contribution in [0.5, 0.6) is 11.5 Å². The first-order chi connectivity index (χ1) is 11.6. The minimum atomic E-state index is -0.286. The molecule has 1 N–H and O–H groups in total. The molecule has 2 rings (SSSR count). The summed E-state index contributed by atoms with van der Waals surface area (Å²) < 4.78 is 5.64.